The summed E-state index contributed by atoms with van der Waals surface area (Å²) in [6.45, 7) is 10.8. The van der Waals surface area contributed by atoms with Crippen LogP contribution in [0.25, 0.3) is 0 Å². The predicted octanol–water partition coefficient (Wildman–Crippen LogP) is 4.45. The Hall–Kier alpha value is -0.180. The lowest BCUT2D eigenvalue weighted by Gasteiger charge is -2.65. The van der Waals surface area contributed by atoms with Crippen molar-refractivity contribution in [2.24, 2.45) is 27.7 Å². The Morgan fingerprint density at radius 2 is 1.76 bits per heavy atom. The van der Waals surface area contributed by atoms with Gasteiger partial charge < -0.3 is 5.32 Å². The van der Waals surface area contributed by atoms with Crippen LogP contribution in [0.15, 0.2) is 4.99 Å². The number of hydrogen-bond donors (Lipinski definition) is 1. The lowest BCUT2D eigenvalue weighted by atomic mass is 9.43. The van der Waals surface area contributed by atoms with Crippen molar-refractivity contribution in [1.29, 1.82) is 0 Å². The van der Waals surface area contributed by atoms with Crippen molar-refractivity contribution in [3.8, 4) is 0 Å². The molecule has 0 aromatic carbocycles. The van der Waals surface area contributed by atoms with Crippen LogP contribution in [0, 0.1) is 22.7 Å². The molecular weight excluding hydrogens is 276 g/mol. The molecule has 3 atom stereocenters. The van der Waals surface area contributed by atoms with Crippen LogP contribution < -0.4 is 5.32 Å². The summed E-state index contributed by atoms with van der Waals surface area (Å²) in [6, 6.07) is 0. The summed E-state index contributed by atoms with van der Waals surface area (Å²) in [4.78, 5) is 4.83. The Kier molecular flexibility index (Phi) is 3.04. The smallest absolute Gasteiger partial charge is 0.157 e. The highest BCUT2D eigenvalue weighted by Crippen LogP contribution is 2.66. The summed E-state index contributed by atoms with van der Waals surface area (Å²) in [5.41, 5.74) is 1.53. The van der Waals surface area contributed by atoms with Crippen molar-refractivity contribution in [2.45, 2.75) is 77.0 Å². The summed E-state index contributed by atoms with van der Waals surface area (Å²) in [7, 11) is 0. The van der Waals surface area contributed by atoms with Gasteiger partial charge in [0.05, 0.1) is 6.54 Å². The van der Waals surface area contributed by atoms with E-state index in [-0.39, 0.29) is 0 Å². The van der Waals surface area contributed by atoms with E-state index in [4.69, 9.17) is 4.99 Å². The van der Waals surface area contributed by atoms with Gasteiger partial charge in [-0.3, -0.25) is 4.99 Å². The average molecular weight is 307 g/mol. The third-order valence-electron chi connectivity index (χ3n) is 6.42. The zero-order valence-corrected chi connectivity index (χ0v) is 14.9. The van der Waals surface area contributed by atoms with Gasteiger partial charge in [0, 0.05) is 10.8 Å². The summed E-state index contributed by atoms with van der Waals surface area (Å²) < 4.78 is 0. The second kappa shape index (κ2) is 4.43. The molecule has 0 radical (unpaired) electrons. The number of nitrogens with one attached hydrogen (secondary N) is 1. The van der Waals surface area contributed by atoms with Gasteiger partial charge in [-0.15, -0.1) is 0 Å². The number of rotatable bonds is 2. The largest absolute Gasteiger partial charge is 0.359 e. The van der Waals surface area contributed by atoms with E-state index in [0.717, 1.165) is 18.4 Å². The van der Waals surface area contributed by atoms with Gasteiger partial charge in [0.1, 0.15) is 0 Å². The predicted molar refractivity (Wildman–Crippen MR) is 91.8 cm³/mol. The van der Waals surface area contributed by atoms with Gasteiger partial charge in [0.25, 0.3) is 0 Å². The third-order valence-corrected chi connectivity index (χ3v) is 7.87. The molecule has 3 heteroatoms. The molecule has 4 fully saturated rings. The Morgan fingerprint density at radius 3 is 2.29 bits per heavy atom. The minimum absolute atomic E-state index is 0.362. The molecule has 1 heterocycles. The van der Waals surface area contributed by atoms with E-state index in [1.807, 2.05) is 11.8 Å². The standard InChI is InChI=1S/C18H30N2S/c1-12(2)14-8-19-15(21-14)20-18-7-13-5-16(3,10-18)9-17(4,6-13)11-18/h12-14H,5-11H2,1-4H3,(H,19,20). The van der Waals surface area contributed by atoms with E-state index in [0.29, 0.717) is 21.6 Å². The van der Waals surface area contributed by atoms with E-state index in [9.17, 15) is 0 Å². The lowest BCUT2D eigenvalue weighted by molar-refractivity contribution is -0.111. The normalized spacial score (nSPS) is 51.6. The second-order valence-electron chi connectivity index (χ2n) is 9.58. The number of aliphatic imine (C=N–C) groups is 1. The fourth-order valence-corrected chi connectivity index (χ4v) is 7.75. The monoisotopic (exact) mass is 306 g/mol. The number of nitrogens with zero attached hydrogens (tertiary/aromatic N) is 1. The van der Waals surface area contributed by atoms with Crippen LogP contribution in [0.1, 0.15) is 66.2 Å². The Labute approximate surface area is 133 Å². The first-order valence-electron chi connectivity index (χ1n) is 8.78. The van der Waals surface area contributed by atoms with Gasteiger partial charge in [-0.05, 0) is 61.2 Å². The van der Waals surface area contributed by atoms with Crippen molar-refractivity contribution in [1.82, 2.24) is 5.32 Å². The highest BCUT2D eigenvalue weighted by atomic mass is 32.2. The zero-order chi connectivity index (χ0) is 14.9. The Bertz CT molecular complexity index is 466. The molecule has 4 bridgehead atoms. The summed E-state index contributed by atoms with van der Waals surface area (Å²) in [5, 5.41) is 5.91. The second-order valence-corrected chi connectivity index (χ2v) is 10.8. The SMILES string of the molecule is CC(C)C1CN=C(NC23CC4CC(C)(CC(C)(C4)C2)C3)S1. The van der Waals surface area contributed by atoms with Crippen molar-refractivity contribution >= 4 is 16.9 Å². The lowest BCUT2D eigenvalue weighted by Crippen LogP contribution is -2.64. The first-order chi connectivity index (χ1) is 9.79. The minimum Gasteiger partial charge on any atom is -0.359 e. The van der Waals surface area contributed by atoms with Gasteiger partial charge >= 0.3 is 0 Å². The van der Waals surface area contributed by atoms with E-state index in [2.05, 4.69) is 33.0 Å². The van der Waals surface area contributed by atoms with Gasteiger partial charge in [0.15, 0.2) is 5.17 Å². The van der Waals surface area contributed by atoms with Crippen LogP contribution in [-0.4, -0.2) is 22.5 Å². The molecule has 3 unspecified atom stereocenters. The first-order valence-corrected chi connectivity index (χ1v) is 9.66. The maximum absolute atomic E-state index is 4.83. The van der Waals surface area contributed by atoms with E-state index >= 15 is 0 Å². The maximum Gasteiger partial charge on any atom is 0.157 e. The highest BCUT2D eigenvalue weighted by Gasteiger charge is 2.60. The summed E-state index contributed by atoms with van der Waals surface area (Å²) in [5.74, 6) is 1.68. The number of hydrogen-bond acceptors (Lipinski definition) is 3. The van der Waals surface area contributed by atoms with Crippen LogP contribution in [-0.2, 0) is 0 Å². The third kappa shape index (κ3) is 2.44. The van der Waals surface area contributed by atoms with Gasteiger partial charge in [0.2, 0.25) is 0 Å². The fourth-order valence-electron chi connectivity index (χ4n) is 6.62. The molecule has 0 saturated heterocycles. The molecule has 0 spiro atoms. The Balaban J connectivity index is 1.53. The summed E-state index contributed by atoms with van der Waals surface area (Å²) in [6.07, 6.45) is 8.54. The molecule has 0 aromatic rings. The van der Waals surface area contributed by atoms with Crippen LogP contribution >= 0.6 is 11.8 Å². The average Bonchev–Trinajstić information content (AvgIpc) is 2.71. The molecule has 4 saturated carbocycles. The molecule has 5 aliphatic rings. The topological polar surface area (TPSA) is 24.4 Å². The van der Waals surface area contributed by atoms with E-state index in [1.165, 1.54) is 43.7 Å². The molecule has 1 N–H and O–H groups in total. The highest BCUT2D eigenvalue weighted by molar-refractivity contribution is 8.14. The zero-order valence-electron chi connectivity index (χ0n) is 14.0. The Morgan fingerprint density at radius 1 is 1.10 bits per heavy atom. The molecular formula is C18H30N2S. The first kappa shape index (κ1) is 14.4. The molecule has 2 nitrogen and oxygen atoms in total. The van der Waals surface area contributed by atoms with Crippen LogP contribution in [0.4, 0.5) is 0 Å². The fraction of sp³-hybridized carbons (Fsp3) is 0.944. The number of amidine groups is 1. The van der Waals surface area contributed by atoms with Gasteiger partial charge in [-0.25, -0.2) is 0 Å². The molecule has 1 aliphatic heterocycles. The summed E-state index contributed by atoms with van der Waals surface area (Å²) >= 11 is 2.00. The van der Waals surface area contributed by atoms with Gasteiger partial charge in [-0.1, -0.05) is 39.5 Å². The van der Waals surface area contributed by atoms with Crippen LogP contribution in [0.2, 0.25) is 0 Å². The molecule has 118 valence electrons. The quantitative estimate of drug-likeness (QED) is 0.815. The molecule has 0 amide bonds. The molecule has 5 rings (SSSR count). The van der Waals surface area contributed by atoms with Crippen molar-refractivity contribution in [2.75, 3.05) is 6.54 Å². The van der Waals surface area contributed by atoms with Crippen LogP contribution in [0.3, 0.4) is 0 Å². The van der Waals surface area contributed by atoms with Gasteiger partial charge in [-0.2, -0.15) is 0 Å². The van der Waals surface area contributed by atoms with Crippen molar-refractivity contribution < 1.29 is 0 Å². The van der Waals surface area contributed by atoms with E-state index in [1.54, 1.807) is 0 Å². The van der Waals surface area contributed by atoms with E-state index < -0.39 is 0 Å². The maximum atomic E-state index is 4.83. The van der Waals surface area contributed by atoms with Crippen molar-refractivity contribution in [3.63, 3.8) is 0 Å². The molecule has 0 aromatic heterocycles. The molecule has 21 heavy (non-hydrogen) atoms. The van der Waals surface area contributed by atoms with Crippen molar-refractivity contribution in [3.05, 3.63) is 0 Å². The minimum atomic E-state index is 0.362. The molecule has 4 aliphatic carbocycles. The number of thioether (sulfide) groups is 1. The van der Waals surface area contributed by atoms with Crippen LogP contribution in [0.5, 0.6) is 0 Å².